The van der Waals surface area contributed by atoms with Gasteiger partial charge >= 0.3 is 0 Å². The first-order valence-corrected chi connectivity index (χ1v) is 6.51. The molecule has 2 rings (SSSR count). The Labute approximate surface area is 109 Å². The maximum atomic E-state index is 9.07. The van der Waals surface area contributed by atoms with E-state index in [2.05, 4.69) is 36.9 Å². The summed E-state index contributed by atoms with van der Waals surface area (Å²) in [6.45, 7) is 5.89. The molecule has 1 aliphatic rings. The van der Waals surface area contributed by atoms with Crippen molar-refractivity contribution in [2.24, 2.45) is 0 Å². The van der Waals surface area contributed by atoms with E-state index in [0.29, 0.717) is 12.5 Å². The maximum Gasteiger partial charge on any atom is 0.0675 e. The van der Waals surface area contributed by atoms with Crippen molar-refractivity contribution in [1.82, 2.24) is 4.90 Å². The highest BCUT2D eigenvalue weighted by atomic mass is 16.5. The van der Waals surface area contributed by atoms with E-state index >= 15 is 0 Å². The molecule has 18 heavy (non-hydrogen) atoms. The summed E-state index contributed by atoms with van der Waals surface area (Å²) in [7, 11) is 0. The fourth-order valence-corrected chi connectivity index (χ4v) is 2.55. The zero-order valence-electron chi connectivity index (χ0n) is 11.0. The number of rotatable bonds is 3. The van der Waals surface area contributed by atoms with Crippen molar-refractivity contribution < 1.29 is 4.74 Å². The molecular formula is C15H20N2O. The second-order valence-corrected chi connectivity index (χ2v) is 4.98. The van der Waals surface area contributed by atoms with Gasteiger partial charge in [0.2, 0.25) is 0 Å². The summed E-state index contributed by atoms with van der Waals surface area (Å²) in [5.41, 5.74) is 1.22. The minimum absolute atomic E-state index is 0.178. The molecule has 0 radical (unpaired) electrons. The first-order chi connectivity index (χ1) is 8.72. The lowest BCUT2D eigenvalue weighted by atomic mass is 9.99. The average molecular weight is 244 g/mol. The van der Waals surface area contributed by atoms with Gasteiger partial charge in [-0.05, 0) is 19.4 Å². The molecule has 0 spiro atoms. The molecule has 0 N–H and O–H groups in total. The quantitative estimate of drug-likeness (QED) is 0.820. The summed E-state index contributed by atoms with van der Waals surface area (Å²) in [6.07, 6.45) is 0.771. The van der Waals surface area contributed by atoms with Crippen LogP contribution in [0.3, 0.4) is 0 Å². The molecule has 1 aromatic carbocycles. The van der Waals surface area contributed by atoms with Gasteiger partial charge in [0, 0.05) is 18.6 Å². The lowest BCUT2D eigenvalue weighted by molar-refractivity contribution is -0.0661. The molecule has 1 saturated heterocycles. The van der Waals surface area contributed by atoms with Gasteiger partial charge in [0.1, 0.15) is 0 Å². The van der Waals surface area contributed by atoms with Crippen molar-refractivity contribution in [2.75, 3.05) is 13.2 Å². The van der Waals surface area contributed by atoms with Crippen LogP contribution >= 0.6 is 0 Å². The standard InChI is InChI=1S/C15H20N2O/c1-12-11-18-13(2)10-17(12)15(8-9-16)14-6-4-3-5-7-14/h3-7,12-13,15H,8,10-11H2,1-2H3. The molecule has 3 nitrogen and oxygen atoms in total. The molecule has 0 saturated carbocycles. The predicted molar refractivity (Wildman–Crippen MR) is 71.0 cm³/mol. The van der Waals surface area contributed by atoms with Crippen molar-refractivity contribution in [1.29, 1.82) is 5.26 Å². The number of hydrogen-bond acceptors (Lipinski definition) is 3. The van der Waals surface area contributed by atoms with Crippen LogP contribution in [0.2, 0.25) is 0 Å². The molecule has 3 atom stereocenters. The van der Waals surface area contributed by atoms with Crippen molar-refractivity contribution in [3.63, 3.8) is 0 Å². The summed E-state index contributed by atoms with van der Waals surface area (Å²) in [5, 5.41) is 9.07. The van der Waals surface area contributed by atoms with E-state index in [1.807, 2.05) is 18.2 Å². The van der Waals surface area contributed by atoms with Crippen molar-refractivity contribution >= 4 is 0 Å². The molecule has 96 valence electrons. The van der Waals surface area contributed by atoms with E-state index in [4.69, 9.17) is 10.00 Å². The molecule has 0 aliphatic carbocycles. The molecule has 1 heterocycles. The second-order valence-electron chi connectivity index (χ2n) is 4.98. The van der Waals surface area contributed by atoms with Crippen molar-refractivity contribution in [3.8, 4) is 6.07 Å². The molecule has 3 heteroatoms. The third-order valence-corrected chi connectivity index (χ3v) is 3.53. The summed E-state index contributed by atoms with van der Waals surface area (Å²) in [6, 6.07) is 13.2. The molecular weight excluding hydrogens is 224 g/mol. The molecule has 0 aromatic heterocycles. The van der Waals surface area contributed by atoms with Gasteiger partial charge in [0.25, 0.3) is 0 Å². The van der Waals surface area contributed by atoms with Crippen LogP contribution in [-0.4, -0.2) is 30.2 Å². The summed E-state index contributed by atoms with van der Waals surface area (Å²) in [5.74, 6) is 0. The first kappa shape index (κ1) is 13.1. The molecule has 3 unspecified atom stereocenters. The monoisotopic (exact) mass is 244 g/mol. The second kappa shape index (κ2) is 5.99. The molecule has 1 aliphatic heterocycles. The summed E-state index contributed by atoms with van der Waals surface area (Å²) < 4.78 is 5.66. The molecule has 1 aromatic rings. The number of morpholine rings is 1. The predicted octanol–water partition coefficient (Wildman–Crippen LogP) is 2.75. The zero-order chi connectivity index (χ0) is 13.0. The van der Waals surface area contributed by atoms with Gasteiger partial charge in [-0.15, -0.1) is 0 Å². The Balaban J connectivity index is 2.22. The minimum atomic E-state index is 0.178. The van der Waals surface area contributed by atoms with Crippen molar-refractivity contribution in [3.05, 3.63) is 35.9 Å². The van der Waals surface area contributed by atoms with Crippen LogP contribution in [0.5, 0.6) is 0 Å². The zero-order valence-corrected chi connectivity index (χ0v) is 11.0. The third-order valence-electron chi connectivity index (χ3n) is 3.53. The number of ether oxygens (including phenoxy) is 1. The lowest BCUT2D eigenvalue weighted by Crippen LogP contribution is -2.48. The van der Waals surface area contributed by atoms with Crippen LogP contribution in [-0.2, 0) is 4.74 Å². The Kier molecular flexibility index (Phi) is 4.35. The van der Waals surface area contributed by atoms with Crippen LogP contribution in [0.1, 0.15) is 31.9 Å². The largest absolute Gasteiger partial charge is 0.376 e. The van der Waals surface area contributed by atoms with E-state index in [1.54, 1.807) is 0 Å². The molecule has 1 fully saturated rings. The minimum Gasteiger partial charge on any atom is -0.376 e. The Morgan fingerprint density at radius 2 is 2.11 bits per heavy atom. The van der Waals surface area contributed by atoms with Gasteiger partial charge in [-0.3, -0.25) is 4.90 Å². The molecule has 0 bridgehead atoms. The summed E-state index contributed by atoms with van der Waals surface area (Å²) in [4.78, 5) is 2.40. The van der Waals surface area contributed by atoms with E-state index in [0.717, 1.165) is 13.2 Å². The molecule has 0 amide bonds. The van der Waals surface area contributed by atoms with Gasteiger partial charge in [0.05, 0.1) is 25.2 Å². The SMILES string of the molecule is CC1CN(C(CC#N)c2ccccc2)C(C)CO1. The topological polar surface area (TPSA) is 36.3 Å². The highest BCUT2D eigenvalue weighted by molar-refractivity contribution is 5.20. The van der Waals surface area contributed by atoms with Gasteiger partial charge in [-0.1, -0.05) is 30.3 Å². The Hall–Kier alpha value is -1.37. The summed E-state index contributed by atoms with van der Waals surface area (Å²) >= 11 is 0. The van der Waals surface area contributed by atoms with Crippen molar-refractivity contribution in [2.45, 2.75) is 38.5 Å². The van der Waals surface area contributed by atoms with Crippen LogP contribution in [0.15, 0.2) is 30.3 Å². The van der Waals surface area contributed by atoms with Gasteiger partial charge in [-0.25, -0.2) is 0 Å². The highest BCUT2D eigenvalue weighted by Crippen LogP contribution is 2.28. The average Bonchev–Trinajstić information content (AvgIpc) is 2.40. The smallest absolute Gasteiger partial charge is 0.0675 e. The van der Waals surface area contributed by atoms with Crippen LogP contribution < -0.4 is 0 Å². The Morgan fingerprint density at radius 3 is 2.78 bits per heavy atom. The number of hydrogen-bond donors (Lipinski definition) is 0. The maximum absolute atomic E-state index is 9.07. The number of nitrogens with zero attached hydrogens (tertiary/aromatic N) is 2. The van der Waals surface area contributed by atoms with Gasteiger partial charge in [0.15, 0.2) is 0 Å². The van der Waals surface area contributed by atoms with E-state index in [9.17, 15) is 0 Å². The van der Waals surface area contributed by atoms with Crippen LogP contribution in [0.25, 0.3) is 0 Å². The van der Waals surface area contributed by atoms with E-state index < -0.39 is 0 Å². The Morgan fingerprint density at radius 1 is 1.39 bits per heavy atom. The Bertz CT molecular complexity index is 412. The normalized spacial score (nSPS) is 26.5. The van der Waals surface area contributed by atoms with Crippen LogP contribution in [0, 0.1) is 11.3 Å². The third kappa shape index (κ3) is 2.90. The highest BCUT2D eigenvalue weighted by Gasteiger charge is 2.30. The number of benzene rings is 1. The van der Waals surface area contributed by atoms with Gasteiger partial charge < -0.3 is 4.74 Å². The van der Waals surface area contributed by atoms with E-state index in [1.165, 1.54) is 5.56 Å². The van der Waals surface area contributed by atoms with Crippen LogP contribution in [0.4, 0.5) is 0 Å². The van der Waals surface area contributed by atoms with Gasteiger partial charge in [-0.2, -0.15) is 5.26 Å². The first-order valence-electron chi connectivity index (χ1n) is 6.51. The number of nitriles is 1. The lowest BCUT2D eigenvalue weighted by Gasteiger charge is -2.41. The fourth-order valence-electron chi connectivity index (χ4n) is 2.55. The van der Waals surface area contributed by atoms with E-state index in [-0.39, 0.29) is 12.1 Å². The fraction of sp³-hybridized carbons (Fsp3) is 0.533.